The smallest absolute Gasteiger partial charge is 0.340 e. The Balaban J connectivity index is 0.000000281. The number of hydrogen-bond acceptors (Lipinski definition) is 7. The lowest BCUT2D eigenvalue weighted by atomic mass is 10.0. The lowest BCUT2D eigenvalue weighted by Crippen LogP contribution is -2.33. The zero-order chi connectivity index (χ0) is 26.2. The molecule has 5 rings (SSSR count). The van der Waals surface area contributed by atoms with Gasteiger partial charge in [-0.1, -0.05) is 39.0 Å². The van der Waals surface area contributed by atoms with Crippen LogP contribution in [0, 0.1) is 0 Å². The SMILES string of the molecule is CC.CCC(=O)CCCC=O.COC1C(=O)OCc2c1cc1n(c2=O)Cc2cc3ccccc3nc2-1. The Labute approximate surface area is 210 Å². The minimum Gasteiger partial charge on any atom is -0.458 e. The molecule has 2 aliphatic rings. The molecule has 1 unspecified atom stereocenters. The molecule has 8 nitrogen and oxygen atoms in total. The maximum atomic E-state index is 12.9. The van der Waals surface area contributed by atoms with Gasteiger partial charge in [0.25, 0.3) is 5.56 Å². The number of hydrogen-bond donors (Lipinski definition) is 0. The molecule has 8 heteroatoms. The van der Waals surface area contributed by atoms with Crippen molar-refractivity contribution in [2.45, 2.75) is 65.7 Å². The van der Waals surface area contributed by atoms with Crippen molar-refractivity contribution in [3.05, 3.63) is 63.4 Å². The first-order valence-electron chi connectivity index (χ1n) is 12.3. The Kier molecular flexibility index (Phi) is 9.25. The van der Waals surface area contributed by atoms with Gasteiger partial charge in [-0.25, -0.2) is 9.78 Å². The number of aldehydes is 1. The number of aromatic nitrogens is 2. The highest BCUT2D eigenvalue weighted by Crippen LogP contribution is 2.35. The molecule has 0 bridgehead atoms. The van der Waals surface area contributed by atoms with Crippen LogP contribution in [0.5, 0.6) is 0 Å². The molecule has 4 heterocycles. The standard InChI is InChI=1S/C19H14N2O4.C7H12O2.C2H6/c1-24-17-12-7-15-16-11(6-10-4-2-3-5-14(10)20-16)8-21(15)18(22)13(12)9-25-19(17)23;1-2-7(9)5-3-4-6-8;1-2/h2-7,17H,8-9H2,1H3;6H,2-5H2,1H3;1-2H3. The topological polar surface area (TPSA) is 105 Å². The molecule has 0 radical (unpaired) electrons. The number of Topliss-reactive ketones (excluding diaryl/α,β-unsaturated/α-hetero) is 1. The van der Waals surface area contributed by atoms with Crippen LogP contribution >= 0.6 is 0 Å². The largest absolute Gasteiger partial charge is 0.458 e. The zero-order valence-corrected chi connectivity index (χ0v) is 21.2. The zero-order valence-electron chi connectivity index (χ0n) is 21.2. The van der Waals surface area contributed by atoms with Crippen molar-refractivity contribution in [3.63, 3.8) is 0 Å². The molecule has 0 spiro atoms. The fourth-order valence-electron chi connectivity index (χ4n) is 4.24. The van der Waals surface area contributed by atoms with E-state index in [1.807, 2.05) is 51.1 Å². The highest BCUT2D eigenvalue weighted by Gasteiger charge is 2.34. The van der Waals surface area contributed by atoms with Crippen molar-refractivity contribution in [3.8, 4) is 11.4 Å². The fraction of sp³-hybridized carbons (Fsp3) is 0.393. The monoisotopic (exact) mass is 492 g/mol. The molecule has 1 atom stereocenters. The summed E-state index contributed by atoms with van der Waals surface area (Å²) in [6.07, 6.45) is 2.38. The van der Waals surface area contributed by atoms with Crippen LogP contribution in [-0.4, -0.2) is 34.7 Å². The lowest BCUT2D eigenvalue weighted by molar-refractivity contribution is -0.159. The number of nitrogens with zero attached hydrogens (tertiary/aromatic N) is 2. The molecule has 0 N–H and O–H groups in total. The maximum absolute atomic E-state index is 12.9. The number of carbonyl (C=O) groups excluding carboxylic acids is 3. The van der Waals surface area contributed by atoms with E-state index < -0.39 is 12.1 Å². The third-order valence-corrected chi connectivity index (χ3v) is 6.07. The minimum absolute atomic E-state index is 0.0150. The summed E-state index contributed by atoms with van der Waals surface area (Å²) in [6.45, 7) is 6.29. The summed E-state index contributed by atoms with van der Waals surface area (Å²) in [5, 5.41) is 1.04. The predicted molar refractivity (Wildman–Crippen MR) is 137 cm³/mol. The van der Waals surface area contributed by atoms with Crippen molar-refractivity contribution >= 4 is 28.9 Å². The number of benzene rings is 1. The van der Waals surface area contributed by atoms with Crippen LogP contribution in [0.15, 0.2) is 41.2 Å². The van der Waals surface area contributed by atoms with Gasteiger partial charge in [-0.3, -0.25) is 9.59 Å². The van der Waals surface area contributed by atoms with Crippen molar-refractivity contribution < 1.29 is 23.9 Å². The van der Waals surface area contributed by atoms with E-state index in [0.717, 1.165) is 40.6 Å². The molecule has 2 aromatic heterocycles. The van der Waals surface area contributed by atoms with Crippen LogP contribution in [-0.2, 0) is 37.0 Å². The molecule has 2 aliphatic heterocycles. The van der Waals surface area contributed by atoms with Gasteiger partial charge in [0.15, 0.2) is 6.10 Å². The molecule has 1 aromatic carbocycles. The number of cyclic esters (lactones) is 1. The van der Waals surface area contributed by atoms with E-state index in [-0.39, 0.29) is 17.9 Å². The molecular formula is C28H32N2O6. The fourth-order valence-corrected chi connectivity index (χ4v) is 4.24. The third kappa shape index (κ3) is 5.44. The van der Waals surface area contributed by atoms with Gasteiger partial charge in [0.05, 0.1) is 29.0 Å². The number of ketones is 1. The van der Waals surface area contributed by atoms with Crippen molar-refractivity contribution in [2.24, 2.45) is 0 Å². The first kappa shape index (κ1) is 26.9. The maximum Gasteiger partial charge on any atom is 0.340 e. The molecule has 0 saturated heterocycles. The Morgan fingerprint density at radius 3 is 2.67 bits per heavy atom. The normalized spacial score (nSPS) is 14.8. The van der Waals surface area contributed by atoms with E-state index in [4.69, 9.17) is 14.5 Å². The summed E-state index contributed by atoms with van der Waals surface area (Å²) in [7, 11) is 1.44. The van der Waals surface area contributed by atoms with Crippen LogP contribution in [0.1, 0.15) is 69.2 Å². The average molecular weight is 493 g/mol. The van der Waals surface area contributed by atoms with Crippen molar-refractivity contribution in [2.75, 3.05) is 7.11 Å². The van der Waals surface area contributed by atoms with E-state index in [1.165, 1.54) is 7.11 Å². The predicted octanol–water partition coefficient (Wildman–Crippen LogP) is 4.53. The highest BCUT2D eigenvalue weighted by molar-refractivity contribution is 5.85. The van der Waals surface area contributed by atoms with Gasteiger partial charge in [-0.15, -0.1) is 0 Å². The Bertz CT molecular complexity index is 1330. The van der Waals surface area contributed by atoms with E-state index in [0.29, 0.717) is 36.9 Å². The second kappa shape index (κ2) is 12.4. The van der Waals surface area contributed by atoms with Gasteiger partial charge in [0.2, 0.25) is 0 Å². The van der Waals surface area contributed by atoms with Gasteiger partial charge in [-0.05, 0) is 24.6 Å². The first-order valence-corrected chi connectivity index (χ1v) is 12.3. The Morgan fingerprint density at radius 2 is 1.97 bits per heavy atom. The number of esters is 1. The van der Waals surface area contributed by atoms with Gasteiger partial charge in [0, 0.05) is 42.9 Å². The lowest BCUT2D eigenvalue weighted by Gasteiger charge is -2.24. The first-order chi connectivity index (χ1) is 17.5. The summed E-state index contributed by atoms with van der Waals surface area (Å²) >= 11 is 0. The molecule has 0 saturated carbocycles. The van der Waals surface area contributed by atoms with Gasteiger partial charge in [-0.2, -0.15) is 0 Å². The number of para-hydroxylation sites is 1. The van der Waals surface area contributed by atoms with E-state index in [2.05, 4.69) is 6.07 Å². The van der Waals surface area contributed by atoms with Crippen LogP contribution < -0.4 is 5.56 Å². The molecule has 3 aromatic rings. The van der Waals surface area contributed by atoms with E-state index in [1.54, 1.807) is 4.57 Å². The number of carbonyl (C=O) groups is 3. The quantitative estimate of drug-likeness (QED) is 0.221. The second-order valence-corrected chi connectivity index (χ2v) is 8.22. The van der Waals surface area contributed by atoms with Crippen LogP contribution in [0.4, 0.5) is 0 Å². The van der Waals surface area contributed by atoms with Gasteiger partial charge >= 0.3 is 5.97 Å². The summed E-state index contributed by atoms with van der Waals surface area (Å²) in [6, 6.07) is 11.8. The Morgan fingerprint density at radius 1 is 1.22 bits per heavy atom. The molecule has 0 aliphatic carbocycles. The summed E-state index contributed by atoms with van der Waals surface area (Å²) in [4.78, 5) is 49.9. The molecule has 36 heavy (non-hydrogen) atoms. The molecular weight excluding hydrogens is 460 g/mol. The average Bonchev–Trinajstić information content (AvgIpc) is 3.26. The van der Waals surface area contributed by atoms with Gasteiger partial charge in [0.1, 0.15) is 18.7 Å². The summed E-state index contributed by atoms with van der Waals surface area (Å²) in [5.41, 5.74) is 4.30. The number of pyridine rings is 2. The van der Waals surface area contributed by atoms with Crippen LogP contribution in [0.3, 0.4) is 0 Å². The van der Waals surface area contributed by atoms with Crippen molar-refractivity contribution in [1.29, 1.82) is 0 Å². The highest BCUT2D eigenvalue weighted by atomic mass is 16.6. The number of fused-ring (bicyclic) bond motifs is 5. The van der Waals surface area contributed by atoms with Gasteiger partial charge < -0.3 is 18.8 Å². The second-order valence-electron chi connectivity index (χ2n) is 8.22. The number of ether oxygens (including phenoxy) is 2. The number of methoxy groups -OCH3 is 1. The number of rotatable bonds is 6. The van der Waals surface area contributed by atoms with E-state index in [9.17, 15) is 19.2 Å². The molecule has 0 fully saturated rings. The molecule has 0 amide bonds. The van der Waals surface area contributed by atoms with E-state index >= 15 is 0 Å². The third-order valence-electron chi connectivity index (χ3n) is 6.07. The number of unbranched alkanes of at least 4 members (excludes halogenated alkanes) is 1. The van der Waals surface area contributed by atoms with Crippen LogP contribution in [0.2, 0.25) is 0 Å². The minimum atomic E-state index is -0.869. The molecule has 190 valence electrons. The van der Waals surface area contributed by atoms with Crippen molar-refractivity contribution in [1.82, 2.24) is 9.55 Å². The Hall–Kier alpha value is -3.65. The summed E-state index contributed by atoms with van der Waals surface area (Å²) < 4.78 is 12.1. The van der Waals surface area contributed by atoms with Crippen LogP contribution in [0.25, 0.3) is 22.3 Å². The summed E-state index contributed by atoms with van der Waals surface area (Å²) in [5.74, 6) is -0.221.